The summed E-state index contributed by atoms with van der Waals surface area (Å²) in [6.07, 6.45) is 2.08. The first-order valence-electron chi connectivity index (χ1n) is 6.51. The average Bonchev–Trinajstić information content (AvgIpc) is 2.60. The molecule has 3 fully saturated rings. The van der Waals surface area contributed by atoms with Crippen LogP contribution in [0.5, 0.6) is 0 Å². The van der Waals surface area contributed by atoms with Crippen LogP contribution in [0.1, 0.15) is 40.5 Å². The molecule has 2 bridgehead atoms. The van der Waals surface area contributed by atoms with Gasteiger partial charge in [-0.1, -0.05) is 0 Å². The highest BCUT2D eigenvalue weighted by Crippen LogP contribution is 2.55. The van der Waals surface area contributed by atoms with Gasteiger partial charge in [0.2, 0.25) is 0 Å². The maximum absolute atomic E-state index is 6.27. The van der Waals surface area contributed by atoms with E-state index in [1.54, 1.807) is 0 Å². The highest BCUT2D eigenvalue weighted by atomic mass is 16.8. The van der Waals surface area contributed by atoms with Gasteiger partial charge in [-0.2, -0.15) is 0 Å². The van der Waals surface area contributed by atoms with E-state index in [-0.39, 0.29) is 23.4 Å². The van der Waals surface area contributed by atoms with Gasteiger partial charge in [0.1, 0.15) is 12.2 Å². The molecule has 4 nitrogen and oxygen atoms in total. The SMILES string of the molecule is CNC1C[C@@]2(C)O[C@@](C)(C1)C1OC(C)(C)O[C@@H]12. The van der Waals surface area contributed by atoms with Crippen LogP contribution in [0.3, 0.4) is 0 Å². The Hall–Kier alpha value is -0.160. The normalized spacial score (nSPS) is 55.9. The lowest BCUT2D eigenvalue weighted by Gasteiger charge is -2.43. The summed E-state index contributed by atoms with van der Waals surface area (Å²) in [5, 5.41) is 3.37. The molecule has 0 aromatic rings. The van der Waals surface area contributed by atoms with Crippen molar-refractivity contribution in [3.05, 3.63) is 0 Å². The second kappa shape index (κ2) is 3.23. The van der Waals surface area contributed by atoms with Crippen LogP contribution in [0.2, 0.25) is 0 Å². The van der Waals surface area contributed by atoms with E-state index < -0.39 is 5.79 Å². The Morgan fingerprint density at radius 2 is 1.41 bits per heavy atom. The molecule has 0 radical (unpaired) electrons. The molecule has 2 unspecified atom stereocenters. The molecule has 3 aliphatic rings. The fourth-order valence-corrected chi connectivity index (χ4v) is 3.87. The molecule has 0 amide bonds. The zero-order valence-corrected chi connectivity index (χ0v) is 11.4. The van der Waals surface area contributed by atoms with Crippen LogP contribution >= 0.6 is 0 Å². The van der Waals surface area contributed by atoms with Gasteiger partial charge >= 0.3 is 0 Å². The van der Waals surface area contributed by atoms with Gasteiger partial charge in [0.15, 0.2) is 5.79 Å². The molecule has 17 heavy (non-hydrogen) atoms. The van der Waals surface area contributed by atoms with Crippen LogP contribution in [-0.4, -0.2) is 42.3 Å². The maximum Gasteiger partial charge on any atom is 0.164 e. The Balaban J connectivity index is 1.95. The Kier molecular flexibility index (Phi) is 2.26. The molecular weight excluding hydrogens is 218 g/mol. The van der Waals surface area contributed by atoms with Gasteiger partial charge in [0.25, 0.3) is 0 Å². The lowest BCUT2D eigenvalue weighted by molar-refractivity contribution is -0.242. The molecule has 1 N–H and O–H groups in total. The minimum absolute atomic E-state index is 0.0563. The fraction of sp³-hybridized carbons (Fsp3) is 1.00. The molecule has 98 valence electrons. The van der Waals surface area contributed by atoms with E-state index in [4.69, 9.17) is 14.2 Å². The summed E-state index contributed by atoms with van der Waals surface area (Å²) in [5.74, 6) is -0.478. The lowest BCUT2D eigenvalue weighted by atomic mass is 9.90. The van der Waals surface area contributed by atoms with E-state index in [1.165, 1.54) is 0 Å². The summed E-state index contributed by atoms with van der Waals surface area (Å²) in [4.78, 5) is 0. The molecule has 0 spiro atoms. The van der Waals surface area contributed by atoms with Gasteiger partial charge in [-0.3, -0.25) is 0 Å². The third-order valence-electron chi connectivity index (χ3n) is 4.48. The van der Waals surface area contributed by atoms with E-state index in [1.807, 2.05) is 20.9 Å². The molecule has 0 saturated carbocycles. The zero-order chi connectivity index (χ0) is 12.5. The summed E-state index contributed by atoms with van der Waals surface area (Å²) in [6.45, 7) is 8.29. The third kappa shape index (κ3) is 1.58. The summed E-state index contributed by atoms with van der Waals surface area (Å²) in [7, 11) is 2.02. The predicted octanol–water partition coefficient (Wildman–Crippen LogP) is 1.44. The minimum atomic E-state index is -0.478. The van der Waals surface area contributed by atoms with E-state index in [2.05, 4.69) is 19.2 Å². The fourth-order valence-electron chi connectivity index (χ4n) is 3.87. The van der Waals surface area contributed by atoms with Crippen molar-refractivity contribution in [1.82, 2.24) is 5.32 Å². The van der Waals surface area contributed by atoms with Gasteiger partial charge in [0.05, 0.1) is 11.2 Å². The summed E-state index contributed by atoms with van der Waals surface area (Å²) < 4.78 is 18.4. The van der Waals surface area contributed by atoms with Crippen molar-refractivity contribution in [2.24, 2.45) is 0 Å². The molecule has 3 heterocycles. The smallest absolute Gasteiger partial charge is 0.164 e. The quantitative estimate of drug-likeness (QED) is 0.754. The largest absolute Gasteiger partial charge is 0.363 e. The van der Waals surface area contributed by atoms with Crippen LogP contribution in [-0.2, 0) is 14.2 Å². The molecule has 0 aromatic heterocycles. The lowest BCUT2D eigenvalue weighted by Crippen LogP contribution is -2.52. The first kappa shape index (κ1) is 11.9. The average molecular weight is 241 g/mol. The Labute approximate surface area is 103 Å². The second-order valence-corrected chi connectivity index (χ2v) is 6.60. The number of rotatable bonds is 1. The predicted molar refractivity (Wildman–Crippen MR) is 63.8 cm³/mol. The number of fused-ring (bicyclic) bond motifs is 5. The van der Waals surface area contributed by atoms with Gasteiger partial charge < -0.3 is 19.5 Å². The first-order chi connectivity index (χ1) is 7.78. The van der Waals surface area contributed by atoms with Crippen molar-refractivity contribution in [3.8, 4) is 0 Å². The third-order valence-corrected chi connectivity index (χ3v) is 4.48. The Morgan fingerprint density at radius 1 is 0.941 bits per heavy atom. The van der Waals surface area contributed by atoms with Crippen molar-refractivity contribution in [1.29, 1.82) is 0 Å². The van der Waals surface area contributed by atoms with Crippen LogP contribution < -0.4 is 5.32 Å². The van der Waals surface area contributed by atoms with Crippen molar-refractivity contribution >= 4 is 0 Å². The molecule has 0 aliphatic carbocycles. The number of ether oxygens (including phenoxy) is 3. The van der Waals surface area contributed by atoms with Crippen molar-refractivity contribution < 1.29 is 14.2 Å². The molecule has 5 atom stereocenters. The number of nitrogens with one attached hydrogen (secondary N) is 1. The highest BCUT2D eigenvalue weighted by molar-refractivity contribution is 5.15. The Bertz CT molecular complexity index is 318. The van der Waals surface area contributed by atoms with Crippen molar-refractivity contribution in [2.75, 3.05) is 7.05 Å². The molecular formula is C13H23NO3. The zero-order valence-electron chi connectivity index (χ0n) is 11.4. The van der Waals surface area contributed by atoms with Gasteiger partial charge in [-0.05, 0) is 47.6 Å². The summed E-state index contributed by atoms with van der Waals surface area (Å²) >= 11 is 0. The van der Waals surface area contributed by atoms with Gasteiger partial charge in [-0.15, -0.1) is 0 Å². The van der Waals surface area contributed by atoms with Crippen LogP contribution in [0.25, 0.3) is 0 Å². The second-order valence-electron chi connectivity index (χ2n) is 6.60. The molecule has 3 saturated heterocycles. The van der Waals surface area contributed by atoms with Crippen LogP contribution in [0.4, 0.5) is 0 Å². The molecule has 0 aromatic carbocycles. The Morgan fingerprint density at radius 3 is 1.82 bits per heavy atom. The van der Waals surface area contributed by atoms with E-state index in [9.17, 15) is 0 Å². The standard InChI is InChI=1S/C13H23NO3/c1-11(2)15-9-10(16-11)13(4)7-8(14-5)6-12(9,3)17-13/h8-10,14H,6-7H2,1-5H3/t8?,9-,10?,12+,13-/m0/s1. The van der Waals surface area contributed by atoms with E-state index in [0.717, 1.165) is 12.8 Å². The monoisotopic (exact) mass is 241 g/mol. The van der Waals surface area contributed by atoms with Gasteiger partial charge in [-0.25, -0.2) is 0 Å². The highest BCUT2D eigenvalue weighted by Gasteiger charge is 2.68. The number of hydrogen-bond donors (Lipinski definition) is 1. The van der Waals surface area contributed by atoms with Crippen molar-refractivity contribution in [3.63, 3.8) is 0 Å². The number of hydrogen-bond acceptors (Lipinski definition) is 4. The minimum Gasteiger partial charge on any atom is -0.363 e. The van der Waals surface area contributed by atoms with Crippen molar-refractivity contribution in [2.45, 2.75) is 75.8 Å². The molecule has 3 rings (SSSR count). The van der Waals surface area contributed by atoms with Gasteiger partial charge in [0, 0.05) is 6.04 Å². The summed E-state index contributed by atoms with van der Waals surface area (Å²) in [6, 6.07) is 0.486. The topological polar surface area (TPSA) is 39.7 Å². The van der Waals surface area contributed by atoms with Crippen LogP contribution in [0.15, 0.2) is 0 Å². The van der Waals surface area contributed by atoms with Crippen LogP contribution in [0, 0.1) is 0 Å². The first-order valence-corrected chi connectivity index (χ1v) is 6.51. The van der Waals surface area contributed by atoms with E-state index in [0.29, 0.717) is 6.04 Å². The summed E-state index contributed by atoms with van der Waals surface area (Å²) in [5.41, 5.74) is -0.446. The maximum atomic E-state index is 6.27. The molecule has 3 aliphatic heterocycles. The molecule has 4 heteroatoms. The van der Waals surface area contributed by atoms with E-state index >= 15 is 0 Å².